The van der Waals surface area contributed by atoms with Crippen LogP contribution in [0.25, 0.3) is 10.2 Å². The Hall–Kier alpha value is -3.49. The van der Waals surface area contributed by atoms with Crippen LogP contribution in [0.5, 0.6) is 0 Å². The highest BCUT2D eigenvalue weighted by molar-refractivity contribution is 7.20. The number of aromatic nitrogens is 5. The highest BCUT2D eigenvalue weighted by atomic mass is 35.5. The third-order valence-corrected chi connectivity index (χ3v) is 6.76. The number of fused-ring (bicyclic) bond motifs is 1. The van der Waals surface area contributed by atoms with Crippen LogP contribution in [0.15, 0.2) is 67.3 Å². The van der Waals surface area contributed by atoms with Crippen LogP contribution in [0.1, 0.15) is 32.1 Å². The zero-order valence-electron chi connectivity index (χ0n) is 17.9. The second-order valence-electron chi connectivity index (χ2n) is 7.79. The van der Waals surface area contributed by atoms with Gasteiger partial charge in [0.05, 0.1) is 23.7 Å². The number of thiophene rings is 1. The van der Waals surface area contributed by atoms with Gasteiger partial charge in [-0.25, -0.2) is 9.67 Å². The molecule has 0 spiro atoms. The predicted molar refractivity (Wildman–Crippen MR) is 130 cm³/mol. The van der Waals surface area contributed by atoms with Crippen molar-refractivity contribution >= 4 is 39.1 Å². The summed E-state index contributed by atoms with van der Waals surface area (Å²) in [4.78, 5) is 18.4. The Morgan fingerprint density at radius 3 is 2.45 bits per heavy atom. The maximum absolute atomic E-state index is 12.8. The van der Waals surface area contributed by atoms with Crippen molar-refractivity contribution in [2.75, 3.05) is 0 Å². The molecule has 0 aliphatic carbocycles. The molecular formula is C24H21ClN6OS. The Morgan fingerprint density at radius 2 is 1.73 bits per heavy atom. The number of benzene rings is 2. The molecular weight excluding hydrogens is 456 g/mol. The molecule has 0 bridgehead atoms. The lowest BCUT2D eigenvalue weighted by Gasteiger charge is -2.06. The van der Waals surface area contributed by atoms with Gasteiger partial charge in [-0.1, -0.05) is 48.0 Å². The molecule has 1 amide bonds. The van der Waals surface area contributed by atoms with Crippen molar-refractivity contribution in [3.8, 4) is 0 Å². The largest absolute Gasteiger partial charge is 0.347 e. The average Bonchev–Trinajstić information content (AvgIpc) is 3.54. The minimum atomic E-state index is -0.0830. The van der Waals surface area contributed by atoms with Crippen LogP contribution in [-0.4, -0.2) is 30.5 Å². The van der Waals surface area contributed by atoms with Crippen molar-refractivity contribution in [1.82, 2.24) is 29.9 Å². The Labute approximate surface area is 199 Å². The van der Waals surface area contributed by atoms with Gasteiger partial charge in [-0.15, -0.1) is 11.3 Å². The Balaban J connectivity index is 1.25. The van der Waals surface area contributed by atoms with Gasteiger partial charge in [-0.2, -0.15) is 10.2 Å². The van der Waals surface area contributed by atoms with E-state index in [4.69, 9.17) is 11.6 Å². The molecule has 9 heteroatoms. The summed E-state index contributed by atoms with van der Waals surface area (Å²) in [6.07, 6.45) is 3.21. The number of nitrogens with zero attached hydrogens (tertiary/aromatic N) is 5. The zero-order valence-corrected chi connectivity index (χ0v) is 19.5. The van der Waals surface area contributed by atoms with Crippen molar-refractivity contribution in [3.05, 3.63) is 99.5 Å². The van der Waals surface area contributed by atoms with E-state index in [-0.39, 0.29) is 5.91 Å². The fourth-order valence-electron chi connectivity index (χ4n) is 3.63. The number of nitrogens with one attached hydrogen (secondary N) is 1. The summed E-state index contributed by atoms with van der Waals surface area (Å²) < 4.78 is 3.72. The summed E-state index contributed by atoms with van der Waals surface area (Å²) in [7, 11) is 0. The molecule has 7 nitrogen and oxygen atoms in total. The number of hydrogen-bond donors (Lipinski definition) is 1. The van der Waals surface area contributed by atoms with Gasteiger partial charge >= 0.3 is 0 Å². The summed E-state index contributed by atoms with van der Waals surface area (Å²) >= 11 is 7.45. The maximum Gasteiger partial charge on any atom is 0.261 e. The SMILES string of the molecule is Cc1nn(Cc2ccc(Cl)cc2)c2sc(C(=O)NCc3ccc(Cn4cncn4)cc3)cc12. The molecule has 5 rings (SSSR count). The topological polar surface area (TPSA) is 77.6 Å². The minimum absolute atomic E-state index is 0.0830. The van der Waals surface area contributed by atoms with Crippen LogP contribution >= 0.6 is 22.9 Å². The van der Waals surface area contributed by atoms with Gasteiger partial charge in [0.1, 0.15) is 17.5 Å². The Morgan fingerprint density at radius 1 is 1.03 bits per heavy atom. The van der Waals surface area contributed by atoms with Crippen molar-refractivity contribution < 1.29 is 4.79 Å². The van der Waals surface area contributed by atoms with Crippen molar-refractivity contribution in [3.63, 3.8) is 0 Å². The van der Waals surface area contributed by atoms with Crippen LogP contribution in [-0.2, 0) is 19.6 Å². The number of amides is 1. The normalized spacial score (nSPS) is 11.2. The van der Waals surface area contributed by atoms with E-state index in [1.54, 1.807) is 11.0 Å². The van der Waals surface area contributed by atoms with E-state index in [0.717, 1.165) is 32.6 Å². The molecule has 0 unspecified atom stereocenters. The summed E-state index contributed by atoms with van der Waals surface area (Å²) in [6.45, 7) is 3.73. The summed E-state index contributed by atoms with van der Waals surface area (Å²) in [5.41, 5.74) is 4.19. The number of carbonyl (C=O) groups excluding carboxylic acids is 1. The lowest BCUT2D eigenvalue weighted by molar-refractivity contribution is 0.0955. The smallest absolute Gasteiger partial charge is 0.261 e. The highest BCUT2D eigenvalue weighted by Gasteiger charge is 2.16. The number of hydrogen-bond acceptors (Lipinski definition) is 5. The van der Waals surface area contributed by atoms with Crippen molar-refractivity contribution in [2.45, 2.75) is 26.6 Å². The van der Waals surface area contributed by atoms with E-state index >= 15 is 0 Å². The van der Waals surface area contributed by atoms with Gasteiger partial charge in [0.25, 0.3) is 5.91 Å². The van der Waals surface area contributed by atoms with Gasteiger partial charge in [-0.3, -0.25) is 9.48 Å². The molecule has 0 atom stereocenters. The van der Waals surface area contributed by atoms with Crippen molar-refractivity contribution in [2.24, 2.45) is 0 Å². The molecule has 3 aromatic heterocycles. The van der Waals surface area contributed by atoms with E-state index in [9.17, 15) is 4.79 Å². The number of halogens is 1. The summed E-state index contributed by atoms with van der Waals surface area (Å²) in [5, 5.41) is 13.5. The fourth-order valence-corrected chi connectivity index (χ4v) is 4.83. The second-order valence-corrected chi connectivity index (χ2v) is 9.26. The average molecular weight is 477 g/mol. The summed E-state index contributed by atoms with van der Waals surface area (Å²) in [5.74, 6) is -0.0830. The number of aryl methyl sites for hydroxylation is 1. The molecule has 0 fully saturated rings. The van der Waals surface area contributed by atoms with Crippen molar-refractivity contribution in [1.29, 1.82) is 0 Å². The van der Waals surface area contributed by atoms with E-state index in [1.165, 1.54) is 17.7 Å². The monoisotopic (exact) mass is 476 g/mol. The Bertz CT molecular complexity index is 1390. The third-order valence-electron chi connectivity index (χ3n) is 5.36. The third kappa shape index (κ3) is 4.81. The van der Waals surface area contributed by atoms with Crippen LogP contribution in [0.2, 0.25) is 5.02 Å². The molecule has 5 aromatic rings. The predicted octanol–water partition coefficient (Wildman–Crippen LogP) is 4.68. The summed E-state index contributed by atoms with van der Waals surface area (Å²) in [6, 6.07) is 17.8. The maximum atomic E-state index is 12.8. The molecule has 2 aromatic carbocycles. The molecule has 0 radical (unpaired) electrons. The number of carbonyl (C=O) groups is 1. The molecule has 0 aliphatic rings. The van der Waals surface area contributed by atoms with E-state index in [0.29, 0.717) is 29.5 Å². The van der Waals surface area contributed by atoms with Gasteiger partial charge in [-0.05, 0) is 41.8 Å². The quantitative estimate of drug-likeness (QED) is 0.370. The molecule has 3 heterocycles. The number of rotatable bonds is 7. The van der Waals surface area contributed by atoms with E-state index in [2.05, 4.69) is 20.5 Å². The standard InChI is InChI=1S/C24H21ClN6OS/c1-16-21-10-22(33-24(21)31(29-16)13-19-6-8-20(25)9-7-19)23(32)27-11-17-2-4-18(5-3-17)12-30-15-26-14-28-30/h2-10,14-15H,11-13H2,1H3,(H,27,32). The van der Waals surface area contributed by atoms with Crippen LogP contribution in [0, 0.1) is 6.92 Å². The van der Waals surface area contributed by atoms with E-state index < -0.39 is 0 Å². The zero-order chi connectivity index (χ0) is 22.8. The van der Waals surface area contributed by atoms with Gasteiger partial charge in [0.15, 0.2) is 0 Å². The van der Waals surface area contributed by atoms with Gasteiger partial charge in [0.2, 0.25) is 0 Å². The van der Waals surface area contributed by atoms with Gasteiger partial charge in [0, 0.05) is 17.0 Å². The first-order valence-electron chi connectivity index (χ1n) is 10.4. The lowest BCUT2D eigenvalue weighted by Crippen LogP contribution is -2.21. The first-order valence-corrected chi connectivity index (χ1v) is 11.6. The van der Waals surface area contributed by atoms with E-state index in [1.807, 2.05) is 66.2 Å². The molecule has 33 heavy (non-hydrogen) atoms. The Kier molecular flexibility index (Phi) is 5.93. The molecule has 0 aliphatic heterocycles. The highest BCUT2D eigenvalue weighted by Crippen LogP contribution is 2.29. The fraction of sp³-hybridized carbons (Fsp3) is 0.167. The molecule has 1 N–H and O–H groups in total. The molecule has 0 saturated heterocycles. The second kappa shape index (κ2) is 9.17. The lowest BCUT2D eigenvalue weighted by atomic mass is 10.1. The molecule has 0 saturated carbocycles. The molecule has 166 valence electrons. The van der Waals surface area contributed by atoms with Crippen LogP contribution in [0.4, 0.5) is 0 Å². The van der Waals surface area contributed by atoms with Crippen LogP contribution < -0.4 is 5.32 Å². The van der Waals surface area contributed by atoms with Gasteiger partial charge < -0.3 is 5.32 Å². The first-order chi connectivity index (χ1) is 16.0. The van der Waals surface area contributed by atoms with Crippen LogP contribution in [0.3, 0.4) is 0 Å². The minimum Gasteiger partial charge on any atom is -0.347 e. The first kappa shape index (κ1) is 21.4.